The largest absolute Gasteiger partial charge is 0.389 e. The zero-order valence-electron chi connectivity index (χ0n) is 14.6. The molecule has 1 fully saturated rings. The molecule has 1 amide bonds. The quantitative estimate of drug-likeness (QED) is 0.822. The van der Waals surface area contributed by atoms with Crippen molar-refractivity contribution in [3.05, 3.63) is 35.9 Å². The van der Waals surface area contributed by atoms with Gasteiger partial charge in [-0.3, -0.25) is 4.79 Å². The molecule has 0 bridgehead atoms. The molecular weight excluding hydrogens is 286 g/mol. The number of carbonyl (C=O) groups excluding carboxylic acids is 1. The zero-order chi connectivity index (χ0) is 16.7. The molecule has 0 aromatic heterocycles. The first-order valence-corrected chi connectivity index (χ1v) is 9.18. The monoisotopic (exact) mass is 317 g/mol. The zero-order valence-corrected chi connectivity index (χ0v) is 14.6. The van der Waals surface area contributed by atoms with E-state index in [9.17, 15) is 9.90 Å². The van der Waals surface area contributed by atoms with E-state index in [1.54, 1.807) is 0 Å². The maximum atomic E-state index is 13.3. The molecule has 0 spiro atoms. The molecule has 1 aliphatic carbocycles. The number of aliphatic hydroxyl groups is 1. The number of amides is 1. The van der Waals surface area contributed by atoms with Gasteiger partial charge < -0.3 is 10.0 Å². The van der Waals surface area contributed by atoms with Gasteiger partial charge in [-0.15, -0.1) is 0 Å². The summed E-state index contributed by atoms with van der Waals surface area (Å²) in [6, 6.07) is 9.87. The number of hydrogen-bond acceptors (Lipinski definition) is 2. The summed E-state index contributed by atoms with van der Waals surface area (Å²) in [4.78, 5) is 15.2. The van der Waals surface area contributed by atoms with Gasteiger partial charge in [0.25, 0.3) is 0 Å². The van der Waals surface area contributed by atoms with Crippen molar-refractivity contribution in [3.63, 3.8) is 0 Å². The van der Waals surface area contributed by atoms with Crippen LogP contribution < -0.4 is 0 Å². The maximum absolute atomic E-state index is 13.3. The van der Waals surface area contributed by atoms with Gasteiger partial charge in [-0.1, -0.05) is 63.4 Å². The van der Waals surface area contributed by atoms with Crippen molar-refractivity contribution in [1.82, 2.24) is 4.90 Å². The highest BCUT2D eigenvalue weighted by Crippen LogP contribution is 2.41. The van der Waals surface area contributed by atoms with Crippen molar-refractivity contribution in [2.24, 2.45) is 0 Å². The molecule has 128 valence electrons. The minimum Gasteiger partial charge on any atom is -0.389 e. The van der Waals surface area contributed by atoms with Crippen LogP contribution in [0.1, 0.15) is 70.3 Å². The molecule has 3 nitrogen and oxygen atoms in total. The third-order valence-electron chi connectivity index (χ3n) is 4.94. The molecular formula is C20H31NO2. The maximum Gasteiger partial charge on any atom is 0.233 e. The summed E-state index contributed by atoms with van der Waals surface area (Å²) < 4.78 is 0. The lowest BCUT2D eigenvalue weighted by molar-refractivity contribution is -0.141. The molecule has 1 aromatic rings. The van der Waals surface area contributed by atoms with Gasteiger partial charge in [0.2, 0.25) is 5.91 Å². The predicted molar refractivity (Wildman–Crippen MR) is 94.4 cm³/mol. The van der Waals surface area contributed by atoms with Gasteiger partial charge in [-0.25, -0.2) is 0 Å². The summed E-state index contributed by atoms with van der Waals surface area (Å²) in [5.41, 5.74) is 0.0651. The first-order chi connectivity index (χ1) is 11.1. The molecule has 1 saturated carbocycles. The van der Waals surface area contributed by atoms with E-state index in [1.165, 1.54) is 0 Å². The first kappa shape index (κ1) is 18.0. The van der Waals surface area contributed by atoms with Crippen LogP contribution in [0.4, 0.5) is 0 Å². The normalized spacial score (nSPS) is 18.4. The van der Waals surface area contributed by atoms with Crippen molar-refractivity contribution in [1.29, 1.82) is 0 Å². The number of carbonyl (C=O) groups is 1. The first-order valence-electron chi connectivity index (χ1n) is 9.18. The van der Waals surface area contributed by atoms with E-state index in [0.29, 0.717) is 0 Å². The Labute approximate surface area is 140 Å². The number of nitrogens with zero attached hydrogens (tertiary/aromatic N) is 1. The fourth-order valence-corrected chi connectivity index (χ4v) is 3.84. The van der Waals surface area contributed by atoms with E-state index >= 15 is 0 Å². The van der Waals surface area contributed by atoms with Gasteiger partial charge in [0.15, 0.2) is 0 Å². The topological polar surface area (TPSA) is 40.5 Å². The fourth-order valence-electron chi connectivity index (χ4n) is 3.84. The summed E-state index contributed by atoms with van der Waals surface area (Å²) in [5.74, 6) is -0.327. The van der Waals surface area contributed by atoms with E-state index in [0.717, 1.165) is 63.6 Å². The van der Waals surface area contributed by atoms with Crippen LogP contribution in [0, 0.1) is 0 Å². The third kappa shape index (κ3) is 4.35. The van der Waals surface area contributed by atoms with Gasteiger partial charge in [-0.05, 0) is 31.2 Å². The molecule has 0 aliphatic heterocycles. The number of rotatable bonds is 7. The Balaban J connectivity index is 2.34. The average molecular weight is 317 g/mol. The van der Waals surface area contributed by atoms with Crippen molar-refractivity contribution in [2.45, 2.75) is 70.3 Å². The average Bonchev–Trinajstić information content (AvgIpc) is 2.56. The molecule has 0 heterocycles. The highest BCUT2D eigenvalue weighted by atomic mass is 16.3. The Hall–Kier alpha value is -1.35. The third-order valence-corrected chi connectivity index (χ3v) is 4.94. The van der Waals surface area contributed by atoms with Crippen LogP contribution in [0.3, 0.4) is 0 Å². The number of benzene rings is 1. The van der Waals surface area contributed by atoms with Crippen LogP contribution in [-0.4, -0.2) is 34.6 Å². The smallest absolute Gasteiger partial charge is 0.233 e. The molecule has 1 atom stereocenters. The second-order valence-corrected chi connectivity index (χ2v) is 6.83. The summed E-state index contributed by atoms with van der Waals surface area (Å²) in [6.45, 7) is 5.74. The van der Waals surface area contributed by atoms with Gasteiger partial charge in [0.05, 0.1) is 11.5 Å². The Morgan fingerprint density at radius 3 is 2.17 bits per heavy atom. The van der Waals surface area contributed by atoms with Crippen LogP contribution in [0.15, 0.2) is 30.3 Å². The van der Waals surface area contributed by atoms with E-state index in [-0.39, 0.29) is 5.91 Å². The van der Waals surface area contributed by atoms with Crippen LogP contribution in [-0.2, 0) is 4.79 Å². The van der Waals surface area contributed by atoms with Gasteiger partial charge in [0, 0.05) is 13.1 Å². The molecule has 2 rings (SSSR count). The second-order valence-electron chi connectivity index (χ2n) is 6.83. The van der Waals surface area contributed by atoms with Crippen molar-refractivity contribution in [2.75, 3.05) is 13.1 Å². The van der Waals surface area contributed by atoms with E-state index in [2.05, 4.69) is 13.8 Å². The van der Waals surface area contributed by atoms with E-state index in [1.807, 2.05) is 35.2 Å². The summed E-state index contributed by atoms with van der Waals surface area (Å²) in [5, 5.41) is 11.3. The molecule has 1 N–H and O–H groups in total. The van der Waals surface area contributed by atoms with Crippen LogP contribution in [0.2, 0.25) is 0 Å². The van der Waals surface area contributed by atoms with Gasteiger partial charge in [-0.2, -0.15) is 0 Å². The van der Waals surface area contributed by atoms with E-state index < -0.39 is 11.5 Å². The van der Waals surface area contributed by atoms with Crippen LogP contribution in [0.25, 0.3) is 0 Å². The SMILES string of the molecule is CCCN(CCC)C(=O)C(c1ccccc1)C1(O)CCCCC1. The molecule has 0 saturated heterocycles. The minimum absolute atomic E-state index is 0.101. The lowest BCUT2D eigenvalue weighted by Gasteiger charge is -2.41. The van der Waals surface area contributed by atoms with Crippen LogP contribution in [0.5, 0.6) is 0 Å². The summed E-state index contributed by atoms with van der Waals surface area (Å²) >= 11 is 0. The minimum atomic E-state index is -0.892. The van der Waals surface area contributed by atoms with Gasteiger partial charge >= 0.3 is 0 Å². The standard InChI is InChI=1S/C20H31NO2/c1-3-15-21(16-4-2)19(22)18(17-11-7-5-8-12-17)20(23)13-9-6-10-14-20/h5,7-8,11-12,18,23H,3-4,6,9-10,13-16H2,1-2H3. The van der Waals surface area contributed by atoms with Crippen LogP contribution >= 0.6 is 0 Å². The Kier molecular flexibility index (Phi) is 6.64. The fraction of sp³-hybridized carbons (Fsp3) is 0.650. The van der Waals surface area contributed by atoms with Gasteiger partial charge in [0.1, 0.15) is 0 Å². The highest BCUT2D eigenvalue weighted by Gasteiger charge is 2.44. The summed E-state index contributed by atoms with van der Waals surface area (Å²) in [7, 11) is 0. The Morgan fingerprint density at radius 2 is 1.65 bits per heavy atom. The Morgan fingerprint density at radius 1 is 1.09 bits per heavy atom. The molecule has 1 aliphatic rings. The molecule has 23 heavy (non-hydrogen) atoms. The van der Waals surface area contributed by atoms with Crippen molar-refractivity contribution in [3.8, 4) is 0 Å². The second kappa shape index (κ2) is 8.49. The van der Waals surface area contributed by atoms with Crippen molar-refractivity contribution < 1.29 is 9.90 Å². The molecule has 1 unspecified atom stereocenters. The molecule has 0 radical (unpaired) electrons. The summed E-state index contributed by atoms with van der Waals surface area (Å²) in [6.07, 6.45) is 6.53. The lowest BCUT2D eigenvalue weighted by Crippen LogP contribution is -2.48. The Bertz CT molecular complexity index is 474. The molecule has 1 aromatic carbocycles. The van der Waals surface area contributed by atoms with E-state index in [4.69, 9.17) is 0 Å². The number of hydrogen-bond donors (Lipinski definition) is 1. The highest BCUT2D eigenvalue weighted by molar-refractivity contribution is 5.85. The van der Waals surface area contributed by atoms with Crippen molar-refractivity contribution >= 4 is 5.91 Å². The lowest BCUT2D eigenvalue weighted by atomic mass is 9.72. The molecule has 3 heteroatoms. The predicted octanol–water partition coefficient (Wildman–Crippen LogP) is 4.11.